The van der Waals surface area contributed by atoms with Crippen molar-refractivity contribution in [3.05, 3.63) is 56.7 Å². The molecule has 0 spiro atoms. The number of hydrogen-bond acceptors (Lipinski definition) is 5. The van der Waals surface area contributed by atoms with E-state index in [9.17, 15) is 22.8 Å². The summed E-state index contributed by atoms with van der Waals surface area (Å²) < 4.78 is 28.3. The molecule has 1 aromatic carbocycles. The number of nitrogens with one attached hydrogen (secondary N) is 1. The first-order valence-electron chi connectivity index (χ1n) is 8.32. The summed E-state index contributed by atoms with van der Waals surface area (Å²) in [6, 6.07) is 6.60. The molecule has 0 bridgehead atoms. The fourth-order valence-electron chi connectivity index (χ4n) is 2.53. The predicted molar refractivity (Wildman–Crippen MR) is 101 cm³/mol. The summed E-state index contributed by atoms with van der Waals surface area (Å²) in [6.07, 6.45) is 0. The number of amides is 1. The van der Waals surface area contributed by atoms with Crippen molar-refractivity contribution in [3.8, 4) is 0 Å². The number of carbonyl (C=O) groups excluding carboxylic acids is 1. The molecule has 1 heterocycles. The Balaban J connectivity index is 2.30. The van der Waals surface area contributed by atoms with Crippen LogP contribution in [0.5, 0.6) is 0 Å². The third-order valence-corrected chi connectivity index (χ3v) is 6.29. The van der Waals surface area contributed by atoms with Crippen LogP contribution < -0.4 is 16.6 Å². The van der Waals surface area contributed by atoms with Crippen molar-refractivity contribution >= 4 is 21.7 Å². The van der Waals surface area contributed by atoms with Gasteiger partial charge in [-0.05, 0) is 24.3 Å². The molecule has 0 radical (unpaired) electrons. The summed E-state index contributed by atoms with van der Waals surface area (Å²) in [4.78, 5) is 36.1. The molecule has 0 saturated carbocycles. The molecule has 0 unspecified atom stereocenters. The lowest BCUT2D eigenvalue weighted by molar-refractivity contribution is 0.102. The van der Waals surface area contributed by atoms with Crippen molar-refractivity contribution in [2.45, 2.75) is 18.7 Å². The molecule has 1 amide bonds. The van der Waals surface area contributed by atoms with Gasteiger partial charge in [0.2, 0.25) is 10.0 Å². The van der Waals surface area contributed by atoms with Gasteiger partial charge >= 0.3 is 5.69 Å². The second-order valence-electron chi connectivity index (χ2n) is 5.84. The summed E-state index contributed by atoms with van der Waals surface area (Å²) in [6.45, 7) is 4.19. The highest BCUT2D eigenvalue weighted by Gasteiger charge is 2.21. The number of hydrogen-bond donors (Lipinski definition) is 1. The Kier molecular flexibility index (Phi) is 6.01. The molecular formula is C17H22N4O5S. The van der Waals surface area contributed by atoms with E-state index in [-0.39, 0.29) is 16.3 Å². The van der Waals surface area contributed by atoms with Crippen LogP contribution in [0.4, 0.5) is 5.82 Å². The number of benzene rings is 1. The zero-order chi connectivity index (χ0) is 20.4. The summed E-state index contributed by atoms with van der Waals surface area (Å²) in [5.74, 6) is -0.516. The van der Waals surface area contributed by atoms with Crippen LogP contribution in [0.15, 0.2) is 44.8 Å². The summed E-state index contributed by atoms with van der Waals surface area (Å²) in [5, 5.41) is 2.49. The van der Waals surface area contributed by atoms with Crippen LogP contribution in [0.2, 0.25) is 0 Å². The van der Waals surface area contributed by atoms with Crippen molar-refractivity contribution in [3.63, 3.8) is 0 Å². The minimum absolute atomic E-state index is 0.0490. The highest BCUT2D eigenvalue weighted by Crippen LogP contribution is 2.16. The lowest BCUT2D eigenvalue weighted by Gasteiger charge is -2.18. The molecule has 27 heavy (non-hydrogen) atoms. The van der Waals surface area contributed by atoms with Crippen LogP contribution in [0, 0.1) is 0 Å². The Labute approximate surface area is 156 Å². The molecule has 2 aromatic rings. The Morgan fingerprint density at radius 3 is 2.11 bits per heavy atom. The fraction of sp³-hybridized carbons (Fsp3) is 0.353. The van der Waals surface area contributed by atoms with Gasteiger partial charge in [-0.3, -0.25) is 18.7 Å². The molecule has 0 atom stereocenters. The van der Waals surface area contributed by atoms with E-state index in [2.05, 4.69) is 5.32 Å². The molecule has 1 N–H and O–H groups in total. The Morgan fingerprint density at radius 2 is 1.59 bits per heavy atom. The second-order valence-corrected chi connectivity index (χ2v) is 7.77. The Hall–Kier alpha value is -2.72. The molecule has 146 valence electrons. The van der Waals surface area contributed by atoms with Crippen molar-refractivity contribution in [2.24, 2.45) is 14.1 Å². The maximum absolute atomic E-state index is 12.5. The van der Waals surface area contributed by atoms with Gasteiger partial charge in [-0.1, -0.05) is 13.8 Å². The van der Waals surface area contributed by atoms with E-state index >= 15 is 0 Å². The van der Waals surface area contributed by atoms with E-state index in [0.29, 0.717) is 13.1 Å². The van der Waals surface area contributed by atoms with Crippen LogP contribution in [0.3, 0.4) is 0 Å². The highest BCUT2D eigenvalue weighted by atomic mass is 32.2. The molecule has 0 aliphatic carbocycles. The maximum atomic E-state index is 12.5. The van der Waals surface area contributed by atoms with E-state index in [4.69, 9.17) is 0 Å². The van der Waals surface area contributed by atoms with Gasteiger partial charge in [0.1, 0.15) is 5.82 Å². The second kappa shape index (κ2) is 7.89. The van der Waals surface area contributed by atoms with E-state index in [1.54, 1.807) is 13.8 Å². The SMILES string of the molecule is CCN(CC)S(=O)(=O)c1ccc(C(=O)Nc2cc(=O)n(C)c(=O)n2C)cc1. The topological polar surface area (TPSA) is 110 Å². The van der Waals surface area contributed by atoms with Crippen LogP contribution in [0.1, 0.15) is 24.2 Å². The lowest BCUT2D eigenvalue weighted by atomic mass is 10.2. The predicted octanol–water partition coefficient (Wildman–Crippen LogP) is 0.367. The summed E-state index contributed by atoms with van der Waals surface area (Å²) in [5.41, 5.74) is -0.922. The van der Waals surface area contributed by atoms with Crippen LogP contribution in [0.25, 0.3) is 0 Å². The van der Waals surface area contributed by atoms with Gasteiger partial charge in [-0.15, -0.1) is 0 Å². The first kappa shape index (κ1) is 20.6. The molecular weight excluding hydrogens is 372 g/mol. The van der Waals surface area contributed by atoms with Crippen LogP contribution in [-0.4, -0.2) is 40.9 Å². The monoisotopic (exact) mass is 394 g/mol. The molecule has 0 fully saturated rings. The lowest BCUT2D eigenvalue weighted by Crippen LogP contribution is -2.38. The molecule has 10 heteroatoms. The fourth-order valence-corrected chi connectivity index (χ4v) is 3.99. The molecule has 2 rings (SSSR count). The largest absolute Gasteiger partial charge is 0.332 e. The van der Waals surface area contributed by atoms with Crippen molar-refractivity contribution in [2.75, 3.05) is 18.4 Å². The maximum Gasteiger partial charge on any atom is 0.332 e. The quantitative estimate of drug-likeness (QED) is 0.761. The van der Waals surface area contributed by atoms with Gasteiger partial charge in [-0.2, -0.15) is 4.31 Å². The van der Waals surface area contributed by atoms with Crippen LogP contribution in [-0.2, 0) is 24.1 Å². The van der Waals surface area contributed by atoms with Gasteiger partial charge in [0.25, 0.3) is 11.5 Å². The number of sulfonamides is 1. The zero-order valence-electron chi connectivity index (χ0n) is 15.6. The van der Waals surface area contributed by atoms with E-state index < -0.39 is 27.2 Å². The third-order valence-electron chi connectivity index (χ3n) is 4.23. The van der Waals surface area contributed by atoms with Gasteiger partial charge in [0.15, 0.2) is 0 Å². The molecule has 0 aliphatic rings. The average molecular weight is 394 g/mol. The van der Waals surface area contributed by atoms with Gasteiger partial charge in [0, 0.05) is 38.8 Å². The standard InChI is InChI=1S/C17H22N4O5S/c1-5-21(6-2)27(25,26)13-9-7-12(8-10-13)16(23)18-14-11-15(22)20(4)17(24)19(14)3/h7-11H,5-6H2,1-4H3,(H,18,23). The van der Waals surface area contributed by atoms with Crippen molar-refractivity contribution < 1.29 is 13.2 Å². The number of anilines is 1. The molecule has 0 saturated heterocycles. The van der Waals surface area contributed by atoms with Gasteiger partial charge < -0.3 is 5.32 Å². The van der Waals surface area contributed by atoms with Gasteiger partial charge in [-0.25, -0.2) is 13.2 Å². The summed E-state index contributed by atoms with van der Waals surface area (Å²) in [7, 11) is -0.847. The number of carbonyl (C=O) groups is 1. The minimum atomic E-state index is -3.61. The van der Waals surface area contributed by atoms with Crippen molar-refractivity contribution in [1.82, 2.24) is 13.4 Å². The Bertz CT molecular complexity index is 1060. The third kappa shape index (κ3) is 4.01. The van der Waals surface area contributed by atoms with E-state index in [0.717, 1.165) is 15.2 Å². The van der Waals surface area contributed by atoms with E-state index in [1.807, 2.05) is 0 Å². The number of aromatic nitrogens is 2. The number of nitrogens with zero attached hydrogens (tertiary/aromatic N) is 3. The van der Waals surface area contributed by atoms with Crippen LogP contribution >= 0.6 is 0 Å². The number of rotatable bonds is 6. The first-order chi connectivity index (χ1) is 12.6. The molecule has 1 aromatic heterocycles. The normalized spacial score (nSPS) is 11.6. The first-order valence-corrected chi connectivity index (χ1v) is 9.76. The molecule has 9 nitrogen and oxygen atoms in total. The van der Waals surface area contributed by atoms with Crippen molar-refractivity contribution in [1.29, 1.82) is 0 Å². The zero-order valence-corrected chi connectivity index (χ0v) is 16.4. The molecule has 0 aliphatic heterocycles. The highest BCUT2D eigenvalue weighted by molar-refractivity contribution is 7.89. The summed E-state index contributed by atoms with van der Waals surface area (Å²) >= 11 is 0. The average Bonchev–Trinajstić information content (AvgIpc) is 2.65. The minimum Gasteiger partial charge on any atom is -0.308 e. The van der Waals surface area contributed by atoms with Gasteiger partial charge in [0.05, 0.1) is 4.90 Å². The smallest absolute Gasteiger partial charge is 0.308 e. The Morgan fingerprint density at radius 1 is 1.04 bits per heavy atom. The van der Waals surface area contributed by atoms with E-state index in [1.165, 1.54) is 42.7 Å².